The summed E-state index contributed by atoms with van der Waals surface area (Å²) >= 11 is 0. The lowest BCUT2D eigenvalue weighted by atomic mass is 10.0. The minimum Gasteiger partial charge on any atom is -0.507 e. The third-order valence-electron chi connectivity index (χ3n) is 6.61. The molecular formula is C31H37N3O4. The van der Waals surface area contributed by atoms with Crippen LogP contribution in [0.1, 0.15) is 54.3 Å². The minimum atomic E-state index is -0.692. The van der Waals surface area contributed by atoms with E-state index in [0.29, 0.717) is 5.69 Å². The van der Waals surface area contributed by atoms with E-state index in [1.807, 2.05) is 43.4 Å². The van der Waals surface area contributed by atoms with Crippen molar-refractivity contribution in [3.05, 3.63) is 77.9 Å². The molecule has 0 unspecified atom stereocenters. The van der Waals surface area contributed by atoms with Crippen molar-refractivity contribution in [2.24, 2.45) is 0 Å². The van der Waals surface area contributed by atoms with E-state index in [9.17, 15) is 14.7 Å². The zero-order chi connectivity index (χ0) is 27.3. The van der Waals surface area contributed by atoms with E-state index in [-0.39, 0.29) is 16.9 Å². The maximum atomic E-state index is 13.4. The van der Waals surface area contributed by atoms with Gasteiger partial charge in [-0.25, -0.2) is 4.79 Å². The van der Waals surface area contributed by atoms with Crippen LogP contribution >= 0.6 is 0 Å². The quantitative estimate of drug-likeness (QED) is 0.369. The molecule has 0 spiro atoms. The van der Waals surface area contributed by atoms with E-state index in [4.69, 9.17) is 4.74 Å². The molecule has 4 rings (SSSR count). The fourth-order valence-electron chi connectivity index (χ4n) is 4.53. The van der Waals surface area contributed by atoms with Gasteiger partial charge in [0.15, 0.2) is 0 Å². The van der Waals surface area contributed by atoms with Crippen molar-refractivity contribution in [3.8, 4) is 16.9 Å². The summed E-state index contributed by atoms with van der Waals surface area (Å²) in [6.45, 7) is 9.40. The summed E-state index contributed by atoms with van der Waals surface area (Å²) in [5, 5.41) is 13.4. The van der Waals surface area contributed by atoms with Gasteiger partial charge in [-0.1, -0.05) is 36.4 Å². The molecule has 3 aromatic rings. The Hall–Kier alpha value is -3.84. The number of amides is 1. The Labute approximate surface area is 225 Å². The van der Waals surface area contributed by atoms with Gasteiger partial charge in [-0.2, -0.15) is 0 Å². The molecule has 1 fully saturated rings. The van der Waals surface area contributed by atoms with Gasteiger partial charge in [0, 0.05) is 25.8 Å². The van der Waals surface area contributed by atoms with Gasteiger partial charge in [-0.3, -0.25) is 4.79 Å². The van der Waals surface area contributed by atoms with Crippen LogP contribution in [-0.4, -0.2) is 60.7 Å². The predicted octanol–water partition coefficient (Wildman–Crippen LogP) is 5.80. The van der Waals surface area contributed by atoms with Crippen molar-refractivity contribution in [2.45, 2.75) is 39.2 Å². The summed E-state index contributed by atoms with van der Waals surface area (Å²) in [6, 6.07) is 20.0. The monoisotopic (exact) mass is 515 g/mol. The van der Waals surface area contributed by atoms with Gasteiger partial charge in [-0.05, 0) is 88.2 Å². The zero-order valence-electron chi connectivity index (χ0n) is 22.7. The molecule has 0 saturated carbocycles. The first kappa shape index (κ1) is 27.2. The number of nitrogens with zero attached hydrogens (tertiary/aromatic N) is 2. The van der Waals surface area contributed by atoms with Crippen LogP contribution in [0.2, 0.25) is 0 Å². The number of carbonyl (C=O) groups is 2. The van der Waals surface area contributed by atoms with Gasteiger partial charge in [0.2, 0.25) is 0 Å². The van der Waals surface area contributed by atoms with E-state index in [1.165, 1.54) is 18.9 Å². The fraction of sp³-hybridized carbons (Fsp3) is 0.355. The second-order valence-electron chi connectivity index (χ2n) is 10.8. The van der Waals surface area contributed by atoms with Crippen LogP contribution < -0.4 is 10.2 Å². The molecule has 0 atom stereocenters. The Kier molecular flexibility index (Phi) is 8.37. The number of nitrogens with one attached hydrogen (secondary N) is 1. The molecule has 38 heavy (non-hydrogen) atoms. The van der Waals surface area contributed by atoms with Crippen molar-refractivity contribution in [1.29, 1.82) is 0 Å². The van der Waals surface area contributed by atoms with Crippen LogP contribution in [0, 0.1) is 0 Å². The third-order valence-corrected chi connectivity index (χ3v) is 6.61. The van der Waals surface area contributed by atoms with E-state index in [2.05, 4.69) is 15.1 Å². The van der Waals surface area contributed by atoms with Crippen molar-refractivity contribution < 1.29 is 19.4 Å². The first-order valence-electron chi connectivity index (χ1n) is 13.1. The topological polar surface area (TPSA) is 82.1 Å². The first-order chi connectivity index (χ1) is 18.1. The molecule has 1 heterocycles. The standard InChI is InChI=1S/C31H37N3O4/c1-31(2,3)38-30(37)25-14-12-23(22-10-6-5-7-11-22)20-27(25)32-29(36)26-21-24(13-15-28(26)35)33(4)18-19-34-16-8-9-17-34/h5-7,10-15,20-21,35H,8-9,16-19H2,1-4H3,(H,32,36). The lowest BCUT2D eigenvalue weighted by Gasteiger charge is -2.24. The number of rotatable bonds is 8. The SMILES string of the molecule is CN(CCN1CCCC1)c1ccc(O)c(C(=O)Nc2cc(-c3ccccc3)ccc2C(=O)OC(C)(C)C)c1. The van der Waals surface area contributed by atoms with Gasteiger partial charge in [-0.15, -0.1) is 0 Å². The van der Waals surface area contributed by atoms with E-state index < -0.39 is 17.5 Å². The highest BCUT2D eigenvalue weighted by atomic mass is 16.6. The summed E-state index contributed by atoms with van der Waals surface area (Å²) in [4.78, 5) is 31.0. The molecular weight excluding hydrogens is 478 g/mol. The number of likely N-dealkylation sites (tertiary alicyclic amines) is 1. The summed E-state index contributed by atoms with van der Waals surface area (Å²) in [6.07, 6.45) is 2.48. The van der Waals surface area contributed by atoms with Crippen LogP contribution in [0.15, 0.2) is 66.7 Å². The molecule has 0 radical (unpaired) electrons. The molecule has 1 aliphatic rings. The van der Waals surface area contributed by atoms with Gasteiger partial charge in [0.1, 0.15) is 11.4 Å². The van der Waals surface area contributed by atoms with E-state index in [1.54, 1.807) is 45.0 Å². The average Bonchev–Trinajstić information content (AvgIpc) is 3.41. The number of hydrogen-bond acceptors (Lipinski definition) is 6. The highest BCUT2D eigenvalue weighted by Crippen LogP contribution is 2.30. The number of phenols is 1. The molecule has 0 bridgehead atoms. The number of phenolic OH excluding ortho intramolecular Hbond substituents is 1. The Morgan fingerprint density at radius 2 is 1.66 bits per heavy atom. The summed E-state index contributed by atoms with van der Waals surface area (Å²) in [5.74, 6) is -1.17. The molecule has 7 heteroatoms. The molecule has 3 aromatic carbocycles. The molecule has 1 saturated heterocycles. The van der Waals surface area contributed by atoms with Crippen LogP contribution in [0.3, 0.4) is 0 Å². The number of aromatic hydroxyl groups is 1. The van der Waals surface area contributed by atoms with Gasteiger partial charge in [0.05, 0.1) is 16.8 Å². The van der Waals surface area contributed by atoms with Gasteiger partial charge >= 0.3 is 5.97 Å². The Morgan fingerprint density at radius 1 is 0.947 bits per heavy atom. The van der Waals surface area contributed by atoms with Crippen LogP contribution in [0.4, 0.5) is 11.4 Å². The van der Waals surface area contributed by atoms with E-state index >= 15 is 0 Å². The summed E-state index contributed by atoms with van der Waals surface area (Å²) < 4.78 is 5.59. The molecule has 1 amide bonds. The molecule has 0 aromatic heterocycles. The third kappa shape index (κ3) is 6.92. The van der Waals surface area contributed by atoms with Crippen molar-refractivity contribution in [1.82, 2.24) is 4.90 Å². The number of hydrogen-bond donors (Lipinski definition) is 2. The number of ether oxygens (including phenoxy) is 1. The smallest absolute Gasteiger partial charge is 0.340 e. The average molecular weight is 516 g/mol. The predicted molar refractivity (Wildman–Crippen MR) is 152 cm³/mol. The molecule has 200 valence electrons. The van der Waals surface area contributed by atoms with Gasteiger partial charge in [0.25, 0.3) is 5.91 Å². The molecule has 0 aliphatic carbocycles. The Morgan fingerprint density at radius 3 is 2.34 bits per heavy atom. The fourth-order valence-corrected chi connectivity index (χ4v) is 4.53. The highest BCUT2D eigenvalue weighted by Gasteiger charge is 2.23. The van der Waals surface area contributed by atoms with E-state index in [0.717, 1.165) is 43.0 Å². The number of benzene rings is 3. The number of likely N-dealkylation sites (N-methyl/N-ethyl adjacent to an activating group) is 1. The summed E-state index contributed by atoms with van der Waals surface area (Å²) in [5.41, 5.74) is 2.62. The van der Waals surface area contributed by atoms with Crippen molar-refractivity contribution in [3.63, 3.8) is 0 Å². The van der Waals surface area contributed by atoms with Crippen LogP contribution in [0.5, 0.6) is 5.75 Å². The summed E-state index contributed by atoms with van der Waals surface area (Å²) in [7, 11) is 1.98. The zero-order valence-corrected chi connectivity index (χ0v) is 22.7. The largest absolute Gasteiger partial charge is 0.507 e. The van der Waals surface area contributed by atoms with Crippen LogP contribution in [-0.2, 0) is 4.74 Å². The van der Waals surface area contributed by atoms with Crippen molar-refractivity contribution in [2.75, 3.05) is 43.4 Å². The maximum Gasteiger partial charge on any atom is 0.340 e. The molecule has 7 nitrogen and oxygen atoms in total. The second-order valence-corrected chi connectivity index (χ2v) is 10.8. The molecule has 1 aliphatic heterocycles. The lowest BCUT2D eigenvalue weighted by molar-refractivity contribution is 0.00707. The normalized spacial score (nSPS) is 13.8. The molecule has 2 N–H and O–H groups in total. The maximum absolute atomic E-state index is 13.4. The van der Waals surface area contributed by atoms with Gasteiger partial charge < -0.3 is 25.0 Å². The first-order valence-corrected chi connectivity index (χ1v) is 13.1. The minimum absolute atomic E-state index is 0.128. The number of anilines is 2. The Balaban J connectivity index is 1.60. The second kappa shape index (κ2) is 11.7. The highest BCUT2D eigenvalue weighted by molar-refractivity contribution is 6.10. The lowest BCUT2D eigenvalue weighted by Crippen LogP contribution is -2.31. The Bertz CT molecular complexity index is 1280. The van der Waals surface area contributed by atoms with Crippen LogP contribution in [0.25, 0.3) is 11.1 Å². The number of carbonyl (C=O) groups excluding carboxylic acids is 2. The van der Waals surface area contributed by atoms with Crippen molar-refractivity contribution >= 4 is 23.3 Å². The number of esters is 1.